The second-order valence-electron chi connectivity index (χ2n) is 6.13. The van der Waals surface area contributed by atoms with Crippen LogP contribution in [0, 0.1) is 0 Å². The number of aryl methyl sites for hydroxylation is 1. The molecule has 2 aromatic rings. The number of ether oxygens (including phenoxy) is 1. The van der Waals surface area contributed by atoms with Crippen molar-refractivity contribution < 1.29 is 19.0 Å². The molecule has 0 aliphatic heterocycles. The minimum Gasteiger partial charge on any atom is -0.461 e. The van der Waals surface area contributed by atoms with Crippen LogP contribution in [-0.2, 0) is 27.1 Å². The van der Waals surface area contributed by atoms with Gasteiger partial charge in [-0.3, -0.25) is 9.36 Å². The molecule has 2 rings (SSSR count). The zero-order valence-electron chi connectivity index (χ0n) is 14.3. The van der Waals surface area contributed by atoms with Crippen LogP contribution in [0.15, 0.2) is 60.7 Å². The third kappa shape index (κ3) is 8.15. The number of rotatable bonds is 10. The molecule has 5 heteroatoms. The van der Waals surface area contributed by atoms with Crippen molar-refractivity contribution in [2.75, 3.05) is 12.3 Å². The highest BCUT2D eigenvalue weighted by molar-refractivity contribution is 7.57. The molecule has 0 saturated carbocycles. The van der Waals surface area contributed by atoms with Gasteiger partial charge in [0.25, 0.3) is 0 Å². The Balaban J connectivity index is 1.59. The number of hydrogen-bond donors (Lipinski definition) is 1. The van der Waals surface area contributed by atoms with E-state index in [4.69, 9.17) is 4.74 Å². The molecule has 0 radical (unpaired) electrons. The van der Waals surface area contributed by atoms with Crippen LogP contribution in [0.5, 0.6) is 0 Å². The first kappa shape index (κ1) is 19.4. The molecule has 0 aliphatic carbocycles. The van der Waals surface area contributed by atoms with E-state index in [0.29, 0.717) is 19.3 Å². The van der Waals surface area contributed by atoms with Crippen LogP contribution >= 0.6 is 7.37 Å². The summed E-state index contributed by atoms with van der Waals surface area (Å²) in [6.07, 6.45) is 2.56. The van der Waals surface area contributed by atoms with Gasteiger partial charge in [-0.2, -0.15) is 0 Å². The molecule has 0 saturated heterocycles. The second-order valence-corrected chi connectivity index (χ2v) is 8.72. The molecule has 1 atom stereocenters. The number of benzene rings is 2. The highest BCUT2D eigenvalue weighted by atomic mass is 31.2. The van der Waals surface area contributed by atoms with E-state index in [-0.39, 0.29) is 31.3 Å². The minimum atomic E-state index is -3.13. The van der Waals surface area contributed by atoms with Crippen molar-refractivity contribution in [1.82, 2.24) is 0 Å². The van der Waals surface area contributed by atoms with Crippen LogP contribution in [0.25, 0.3) is 0 Å². The summed E-state index contributed by atoms with van der Waals surface area (Å²) in [6.45, 7) is 0.273. The lowest BCUT2D eigenvalue weighted by molar-refractivity contribution is -0.145. The zero-order valence-corrected chi connectivity index (χ0v) is 15.2. The molecule has 2 aromatic carbocycles. The highest BCUT2D eigenvalue weighted by Gasteiger charge is 2.17. The maximum Gasteiger partial charge on any atom is 0.306 e. The molecule has 0 aliphatic rings. The fourth-order valence-electron chi connectivity index (χ4n) is 2.50. The van der Waals surface area contributed by atoms with Gasteiger partial charge < -0.3 is 9.63 Å². The van der Waals surface area contributed by atoms with E-state index in [1.165, 1.54) is 0 Å². The summed E-state index contributed by atoms with van der Waals surface area (Å²) in [4.78, 5) is 21.7. The van der Waals surface area contributed by atoms with Crippen molar-refractivity contribution in [2.45, 2.75) is 32.3 Å². The number of unbranched alkanes of at least 4 members (excludes halogenated alkanes) is 1. The molecular weight excluding hydrogens is 335 g/mol. The maximum absolute atomic E-state index is 12.2. The molecule has 0 heterocycles. The van der Waals surface area contributed by atoms with E-state index in [1.807, 2.05) is 60.7 Å². The molecule has 0 aromatic heterocycles. The molecule has 1 N–H and O–H groups in total. The topological polar surface area (TPSA) is 63.6 Å². The van der Waals surface area contributed by atoms with Crippen LogP contribution in [0.4, 0.5) is 0 Å². The summed E-state index contributed by atoms with van der Waals surface area (Å²) in [6, 6.07) is 19.2. The lowest BCUT2D eigenvalue weighted by Gasteiger charge is -2.11. The van der Waals surface area contributed by atoms with Crippen molar-refractivity contribution in [1.29, 1.82) is 0 Å². The van der Waals surface area contributed by atoms with Gasteiger partial charge in [-0.1, -0.05) is 60.7 Å². The Bertz CT molecular complexity index is 685. The Morgan fingerprint density at radius 3 is 2.12 bits per heavy atom. The van der Waals surface area contributed by atoms with Gasteiger partial charge in [-0.25, -0.2) is 0 Å². The Morgan fingerprint density at radius 1 is 0.880 bits per heavy atom. The van der Waals surface area contributed by atoms with E-state index >= 15 is 0 Å². The van der Waals surface area contributed by atoms with Gasteiger partial charge in [0.1, 0.15) is 6.61 Å². The van der Waals surface area contributed by atoms with E-state index < -0.39 is 7.37 Å². The van der Waals surface area contributed by atoms with Crippen molar-refractivity contribution in [3.8, 4) is 0 Å². The predicted octanol–water partition coefficient (Wildman–Crippen LogP) is 4.41. The van der Waals surface area contributed by atoms with Gasteiger partial charge >= 0.3 is 5.97 Å². The van der Waals surface area contributed by atoms with Crippen molar-refractivity contribution >= 4 is 13.3 Å². The number of esters is 1. The number of hydrogen-bond acceptors (Lipinski definition) is 3. The summed E-state index contributed by atoms with van der Waals surface area (Å²) in [5, 5.41) is 0. The van der Waals surface area contributed by atoms with Crippen molar-refractivity contribution in [2.24, 2.45) is 0 Å². The average Bonchev–Trinajstić information content (AvgIpc) is 2.64. The highest BCUT2D eigenvalue weighted by Crippen LogP contribution is 2.42. The number of carbonyl (C=O) groups excluding carboxylic acids is 1. The molecule has 1 unspecified atom stereocenters. The largest absolute Gasteiger partial charge is 0.461 e. The van der Waals surface area contributed by atoms with Gasteiger partial charge in [0, 0.05) is 18.7 Å². The first-order valence-electron chi connectivity index (χ1n) is 8.59. The Kier molecular flexibility index (Phi) is 7.90. The lowest BCUT2D eigenvalue weighted by atomic mass is 10.2. The number of carbonyl (C=O) groups is 1. The SMILES string of the molecule is O=C(CCCCP(=O)(O)CCc1ccccc1)OCc1ccccc1. The first-order valence-corrected chi connectivity index (χ1v) is 10.6. The van der Waals surface area contributed by atoms with Crippen LogP contribution in [0.3, 0.4) is 0 Å². The van der Waals surface area contributed by atoms with Crippen molar-refractivity contribution in [3.63, 3.8) is 0 Å². The first-order chi connectivity index (χ1) is 12.1. The predicted molar refractivity (Wildman–Crippen MR) is 99.8 cm³/mol. The standard InChI is InChI=1S/C20H25O4P/c21-20(24-17-19-11-5-2-6-12-19)13-7-8-15-25(22,23)16-14-18-9-3-1-4-10-18/h1-6,9-12H,7-8,13-17H2,(H,22,23). The van der Waals surface area contributed by atoms with Crippen LogP contribution in [0.2, 0.25) is 0 Å². The van der Waals surface area contributed by atoms with Crippen LogP contribution in [-0.4, -0.2) is 23.2 Å². The zero-order chi connectivity index (χ0) is 18.0. The van der Waals surface area contributed by atoms with E-state index in [1.54, 1.807) is 0 Å². The molecule has 0 bridgehead atoms. The lowest BCUT2D eigenvalue weighted by Crippen LogP contribution is -2.05. The van der Waals surface area contributed by atoms with E-state index in [0.717, 1.165) is 11.1 Å². The molecule has 134 valence electrons. The third-order valence-electron chi connectivity index (χ3n) is 3.97. The maximum atomic E-state index is 12.2. The molecule has 25 heavy (non-hydrogen) atoms. The fourth-order valence-corrected chi connectivity index (χ4v) is 4.05. The average molecular weight is 360 g/mol. The molecule has 4 nitrogen and oxygen atoms in total. The molecule has 0 amide bonds. The second kappa shape index (κ2) is 10.2. The van der Waals surface area contributed by atoms with Gasteiger partial charge in [0.05, 0.1) is 0 Å². The minimum absolute atomic E-state index is 0.256. The quantitative estimate of drug-likeness (QED) is 0.387. The van der Waals surface area contributed by atoms with Gasteiger partial charge in [-0.05, 0) is 30.4 Å². The van der Waals surface area contributed by atoms with Crippen LogP contribution in [0.1, 0.15) is 30.4 Å². The summed E-state index contributed by atoms with van der Waals surface area (Å²) in [5.41, 5.74) is 2.03. The summed E-state index contributed by atoms with van der Waals surface area (Å²) in [5.74, 6) is -0.263. The normalized spacial score (nSPS) is 13.2. The van der Waals surface area contributed by atoms with Crippen LogP contribution < -0.4 is 0 Å². The Hall–Kier alpha value is -1.90. The fraction of sp³-hybridized carbons (Fsp3) is 0.350. The monoisotopic (exact) mass is 360 g/mol. The third-order valence-corrected chi connectivity index (χ3v) is 5.91. The molecular formula is C20H25O4P. The van der Waals surface area contributed by atoms with Crippen molar-refractivity contribution in [3.05, 3.63) is 71.8 Å². The smallest absolute Gasteiger partial charge is 0.306 e. The van der Waals surface area contributed by atoms with E-state index in [9.17, 15) is 14.3 Å². The molecule has 0 fully saturated rings. The Morgan fingerprint density at radius 2 is 1.48 bits per heavy atom. The van der Waals surface area contributed by atoms with Gasteiger partial charge in [0.2, 0.25) is 7.37 Å². The molecule has 0 spiro atoms. The van der Waals surface area contributed by atoms with Gasteiger partial charge in [-0.15, -0.1) is 0 Å². The summed E-state index contributed by atoms with van der Waals surface area (Å²) < 4.78 is 17.4. The van der Waals surface area contributed by atoms with Gasteiger partial charge in [0.15, 0.2) is 0 Å². The summed E-state index contributed by atoms with van der Waals surface area (Å²) >= 11 is 0. The van der Waals surface area contributed by atoms with E-state index in [2.05, 4.69) is 0 Å². The Labute approximate surface area is 149 Å². The summed E-state index contributed by atoms with van der Waals surface area (Å²) in [7, 11) is -3.13.